The molecule has 3 rings (SSSR count). The smallest absolute Gasteiger partial charge is 0.251 e. The summed E-state index contributed by atoms with van der Waals surface area (Å²) < 4.78 is 5.85. The van der Waals surface area contributed by atoms with E-state index < -0.39 is 0 Å². The van der Waals surface area contributed by atoms with Crippen LogP contribution in [0.15, 0.2) is 63.9 Å². The van der Waals surface area contributed by atoms with Gasteiger partial charge in [-0.25, -0.2) is 4.98 Å². The number of carbonyl (C=O) groups excluding carboxylic acids is 1. The molecule has 0 saturated heterocycles. The standard InChI is InChI=1S/C22H24N2O2S/c1-4-15(2)23-21(25)17-10-12-18(13-11-17)22-24-20(16(3)26-22)14-27-19-8-6-5-7-9-19/h5-13,15H,4,14H2,1-3H3,(H,23,25)/t15-/m1/s1. The van der Waals surface area contributed by atoms with E-state index in [0.717, 1.165) is 29.2 Å². The lowest BCUT2D eigenvalue weighted by molar-refractivity contribution is 0.0939. The second-order valence-electron chi connectivity index (χ2n) is 6.48. The van der Waals surface area contributed by atoms with E-state index in [2.05, 4.69) is 22.4 Å². The highest BCUT2D eigenvalue weighted by atomic mass is 32.2. The van der Waals surface area contributed by atoms with Gasteiger partial charge >= 0.3 is 0 Å². The Morgan fingerprint density at radius 3 is 2.52 bits per heavy atom. The van der Waals surface area contributed by atoms with Crippen molar-refractivity contribution in [3.63, 3.8) is 0 Å². The van der Waals surface area contributed by atoms with Gasteiger partial charge in [0.2, 0.25) is 5.89 Å². The lowest BCUT2D eigenvalue weighted by Gasteiger charge is -2.11. The Bertz CT molecular complexity index is 888. The van der Waals surface area contributed by atoms with E-state index in [-0.39, 0.29) is 11.9 Å². The third-order valence-corrected chi connectivity index (χ3v) is 5.42. The molecule has 0 aliphatic rings. The molecule has 0 aliphatic carbocycles. The number of hydrogen-bond acceptors (Lipinski definition) is 4. The third kappa shape index (κ3) is 5.01. The van der Waals surface area contributed by atoms with Gasteiger partial charge in [0.1, 0.15) is 5.76 Å². The zero-order chi connectivity index (χ0) is 19.2. The molecular weight excluding hydrogens is 356 g/mol. The van der Waals surface area contributed by atoms with E-state index in [4.69, 9.17) is 4.42 Å². The van der Waals surface area contributed by atoms with Gasteiger partial charge in [0.25, 0.3) is 5.91 Å². The van der Waals surface area contributed by atoms with Crippen LogP contribution in [0.1, 0.15) is 42.1 Å². The monoisotopic (exact) mass is 380 g/mol. The normalized spacial score (nSPS) is 12.0. The highest BCUT2D eigenvalue weighted by molar-refractivity contribution is 7.98. The number of aromatic nitrogens is 1. The predicted octanol–water partition coefficient (Wildman–Crippen LogP) is 5.47. The van der Waals surface area contributed by atoms with Crippen LogP contribution in [0.25, 0.3) is 11.5 Å². The van der Waals surface area contributed by atoms with Crippen LogP contribution in [0, 0.1) is 6.92 Å². The van der Waals surface area contributed by atoms with Gasteiger partial charge in [-0.3, -0.25) is 4.79 Å². The molecule has 0 bridgehead atoms. The molecule has 3 aromatic rings. The first kappa shape index (κ1) is 19.2. The molecule has 4 nitrogen and oxygen atoms in total. The Labute approximate surface area is 164 Å². The number of nitrogens with zero attached hydrogens (tertiary/aromatic N) is 1. The first-order valence-corrected chi connectivity index (χ1v) is 10.1. The van der Waals surface area contributed by atoms with E-state index in [1.54, 1.807) is 11.8 Å². The van der Waals surface area contributed by atoms with Crippen molar-refractivity contribution >= 4 is 17.7 Å². The summed E-state index contributed by atoms with van der Waals surface area (Å²) in [7, 11) is 0. The molecule has 0 spiro atoms. The van der Waals surface area contributed by atoms with Crippen LogP contribution in [-0.4, -0.2) is 16.9 Å². The van der Waals surface area contributed by atoms with Crippen molar-refractivity contribution < 1.29 is 9.21 Å². The molecule has 0 aliphatic heterocycles. The Kier molecular flexibility index (Phi) is 6.35. The fraction of sp³-hybridized carbons (Fsp3) is 0.273. The van der Waals surface area contributed by atoms with Crippen molar-refractivity contribution in [2.75, 3.05) is 0 Å². The minimum Gasteiger partial charge on any atom is -0.441 e. The van der Waals surface area contributed by atoms with Crippen molar-refractivity contribution in [1.29, 1.82) is 0 Å². The Morgan fingerprint density at radius 2 is 1.85 bits per heavy atom. The number of rotatable bonds is 7. The number of carbonyl (C=O) groups is 1. The minimum absolute atomic E-state index is 0.0561. The van der Waals surface area contributed by atoms with E-state index in [0.29, 0.717) is 11.5 Å². The molecule has 1 atom stereocenters. The number of benzene rings is 2. The average molecular weight is 381 g/mol. The molecule has 1 N–H and O–H groups in total. The van der Waals surface area contributed by atoms with Crippen molar-refractivity contribution in [3.05, 3.63) is 71.6 Å². The molecule has 5 heteroatoms. The maximum Gasteiger partial charge on any atom is 0.251 e. The summed E-state index contributed by atoms with van der Waals surface area (Å²) in [6.07, 6.45) is 0.906. The molecule has 0 unspecified atom stereocenters. The summed E-state index contributed by atoms with van der Waals surface area (Å²) in [6, 6.07) is 17.8. The van der Waals surface area contributed by atoms with Crippen LogP contribution < -0.4 is 5.32 Å². The predicted molar refractivity (Wildman–Crippen MR) is 110 cm³/mol. The summed E-state index contributed by atoms with van der Waals surface area (Å²) in [4.78, 5) is 18.0. The van der Waals surface area contributed by atoms with Gasteiger partial charge in [0.05, 0.1) is 5.69 Å². The maximum absolute atomic E-state index is 12.2. The topological polar surface area (TPSA) is 55.1 Å². The van der Waals surface area contributed by atoms with Gasteiger partial charge < -0.3 is 9.73 Å². The summed E-state index contributed by atoms with van der Waals surface area (Å²) in [5.41, 5.74) is 2.45. The van der Waals surface area contributed by atoms with Crippen LogP contribution in [0.2, 0.25) is 0 Å². The highest BCUT2D eigenvalue weighted by Crippen LogP contribution is 2.27. The van der Waals surface area contributed by atoms with Gasteiger partial charge in [-0.05, 0) is 56.7 Å². The maximum atomic E-state index is 12.2. The van der Waals surface area contributed by atoms with Gasteiger partial charge in [-0.15, -0.1) is 11.8 Å². The zero-order valence-corrected chi connectivity index (χ0v) is 16.7. The van der Waals surface area contributed by atoms with Crippen LogP contribution in [-0.2, 0) is 5.75 Å². The number of aryl methyl sites for hydroxylation is 1. The summed E-state index contributed by atoms with van der Waals surface area (Å²) in [5, 5.41) is 2.97. The van der Waals surface area contributed by atoms with Crippen LogP contribution in [0.3, 0.4) is 0 Å². The Morgan fingerprint density at radius 1 is 1.15 bits per heavy atom. The number of oxazole rings is 1. The number of amides is 1. The van der Waals surface area contributed by atoms with Gasteiger partial charge in [-0.2, -0.15) is 0 Å². The number of hydrogen-bond donors (Lipinski definition) is 1. The lowest BCUT2D eigenvalue weighted by atomic mass is 10.1. The second kappa shape index (κ2) is 8.91. The molecule has 140 valence electrons. The Balaban J connectivity index is 1.69. The second-order valence-corrected chi connectivity index (χ2v) is 7.53. The SMILES string of the molecule is CC[C@@H](C)NC(=O)c1ccc(-c2nc(CSc3ccccc3)c(C)o2)cc1. The summed E-state index contributed by atoms with van der Waals surface area (Å²) in [6.45, 7) is 5.98. The summed E-state index contributed by atoms with van der Waals surface area (Å²) in [5.74, 6) is 2.12. The quantitative estimate of drug-likeness (QED) is 0.552. The largest absolute Gasteiger partial charge is 0.441 e. The fourth-order valence-corrected chi connectivity index (χ4v) is 3.45. The van der Waals surface area contributed by atoms with Gasteiger partial charge in [0.15, 0.2) is 0 Å². The molecular formula is C22H24N2O2S. The molecule has 0 saturated carbocycles. The van der Waals surface area contributed by atoms with Crippen LogP contribution >= 0.6 is 11.8 Å². The van der Waals surface area contributed by atoms with E-state index >= 15 is 0 Å². The van der Waals surface area contributed by atoms with Gasteiger partial charge in [0, 0.05) is 27.8 Å². The van der Waals surface area contributed by atoms with Crippen molar-refractivity contribution in [3.8, 4) is 11.5 Å². The van der Waals surface area contributed by atoms with Crippen molar-refractivity contribution in [1.82, 2.24) is 10.3 Å². The van der Waals surface area contributed by atoms with Crippen LogP contribution in [0.5, 0.6) is 0 Å². The van der Waals surface area contributed by atoms with Crippen molar-refractivity contribution in [2.45, 2.75) is 43.9 Å². The van der Waals surface area contributed by atoms with E-state index in [1.807, 2.05) is 63.2 Å². The Hall–Kier alpha value is -2.53. The molecule has 27 heavy (non-hydrogen) atoms. The first-order valence-electron chi connectivity index (χ1n) is 9.12. The molecule has 0 fully saturated rings. The molecule has 1 amide bonds. The summed E-state index contributed by atoms with van der Waals surface area (Å²) >= 11 is 1.73. The average Bonchev–Trinajstić information content (AvgIpc) is 3.07. The molecule has 0 radical (unpaired) electrons. The minimum atomic E-state index is -0.0561. The highest BCUT2D eigenvalue weighted by Gasteiger charge is 2.13. The molecule has 2 aromatic carbocycles. The van der Waals surface area contributed by atoms with Gasteiger partial charge in [-0.1, -0.05) is 25.1 Å². The third-order valence-electron chi connectivity index (χ3n) is 4.40. The number of nitrogens with one attached hydrogen (secondary N) is 1. The molecule has 1 heterocycles. The fourth-order valence-electron chi connectivity index (χ4n) is 2.53. The first-order chi connectivity index (χ1) is 13.1. The van der Waals surface area contributed by atoms with E-state index in [9.17, 15) is 4.79 Å². The van der Waals surface area contributed by atoms with E-state index in [1.165, 1.54) is 4.90 Å². The molecule has 1 aromatic heterocycles. The zero-order valence-electron chi connectivity index (χ0n) is 15.9. The van der Waals surface area contributed by atoms with Crippen molar-refractivity contribution in [2.24, 2.45) is 0 Å². The lowest BCUT2D eigenvalue weighted by Crippen LogP contribution is -2.31. The van der Waals surface area contributed by atoms with Crippen LogP contribution in [0.4, 0.5) is 0 Å². The number of thioether (sulfide) groups is 1.